The van der Waals surface area contributed by atoms with Gasteiger partial charge in [-0.05, 0) is 49.6 Å². The van der Waals surface area contributed by atoms with Crippen molar-refractivity contribution in [3.63, 3.8) is 0 Å². The van der Waals surface area contributed by atoms with E-state index >= 15 is 0 Å². The van der Waals surface area contributed by atoms with Crippen molar-refractivity contribution < 1.29 is 9.53 Å². The molecule has 0 radical (unpaired) electrons. The van der Waals surface area contributed by atoms with Crippen LogP contribution in [0.5, 0.6) is 5.75 Å². The third-order valence-corrected chi connectivity index (χ3v) is 4.80. The number of hydrazone groups is 1. The molecule has 7 heteroatoms. The summed E-state index contributed by atoms with van der Waals surface area (Å²) in [6, 6.07) is 7.67. The first-order valence-electron chi connectivity index (χ1n) is 8.08. The summed E-state index contributed by atoms with van der Waals surface area (Å²) in [5, 5.41) is 4.93. The van der Waals surface area contributed by atoms with Crippen molar-refractivity contribution in [2.75, 3.05) is 7.11 Å². The lowest BCUT2D eigenvalue weighted by molar-refractivity contribution is -0.122. The van der Waals surface area contributed by atoms with Gasteiger partial charge in [-0.25, -0.2) is 15.4 Å². The van der Waals surface area contributed by atoms with Gasteiger partial charge in [0.05, 0.1) is 12.8 Å². The number of amides is 1. The number of carbonyl (C=O) groups is 1. The molecule has 1 aromatic heterocycles. The standard InChI is InChI=1S/C18H20N4O2S/c1-12(21-22-17(23)13-4-5-13)14-6-7-16(24-2)15(10-14)11-25-18-19-8-3-9-20-18/h3,6-10,13H,4-5,11H2,1-2H3,(H,22,23)/b21-12+. The van der Waals surface area contributed by atoms with Crippen LogP contribution in [0, 0.1) is 5.92 Å². The molecule has 0 spiro atoms. The first-order valence-corrected chi connectivity index (χ1v) is 9.07. The van der Waals surface area contributed by atoms with Crippen LogP contribution in [0.15, 0.2) is 46.9 Å². The highest BCUT2D eigenvalue weighted by molar-refractivity contribution is 7.98. The van der Waals surface area contributed by atoms with Crippen molar-refractivity contribution in [2.24, 2.45) is 11.0 Å². The average molecular weight is 356 g/mol. The molecule has 1 amide bonds. The van der Waals surface area contributed by atoms with Crippen LogP contribution >= 0.6 is 11.8 Å². The van der Waals surface area contributed by atoms with Crippen LogP contribution in [-0.2, 0) is 10.5 Å². The minimum Gasteiger partial charge on any atom is -0.496 e. The van der Waals surface area contributed by atoms with Crippen molar-refractivity contribution >= 4 is 23.4 Å². The van der Waals surface area contributed by atoms with Crippen molar-refractivity contribution in [1.29, 1.82) is 0 Å². The van der Waals surface area contributed by atoms with E-state index in [0.717, 1.165) is 40.6 Å². The van der Waals surface area contributed by atoms with E-state index in [2.05, 4.69) is 20.5 Å². The summed E-state index contributed by atoms with van der Waals surface area (Å²) in [7, 11) is 1.65. The average Bonchev–Trinajstić information content (AvgIpc) is 3.50. The van der Waals surface area contributed by atoms with Gasteiger partial charge >= 0.3 is 0 Å². The molecule has 1 aromatic carbocycles. The lowest BCUT2D eigenvalue weighted by atomic mass is 10.1. The second-order valence-corrected chi connectivity index (χ2v) is 6.74. The maximum absolute atomic E-state index is 11.7. The molecule has 1 aliphatic rings. The highest BCUT2D eigenvalue weighted by Gasteiger charge is 2.29. The molecule has 25 heavy (non-hydrogen) atoms. The molecule has 2 aromatic rings. The van der Waals surface area contributed by atoms with Crippen LogP contribution in [0.2, 0.25) is 0 Å². The maximum Gasteiger partial charge on any atom is 0.243 e. The number of nitrogens with zero attached hydrogens (tertiary/aromatic N) is 3. The van der Waals surface area contributed by atoms with Gasteiger partial charge in [-0.1, -0.05) is 11.8 Å². The van der Waals surface area contributed by atoms with Crippen molar-refractivity contribution in [3.05, 3.63) is 47.8 Å². The molecule has 0 aliphatic heterocycles. The van der Waals surface area contributed by atoms with Gasteiger partial charge in [0.1, 0.15) is 5.75 Å². The van der Waals surface area contributed by atoms with Crippen LogP contribution < -0.4 is 10.2 Å². The number of methoxy groups -OCH3 is 1. The second-order valence-electron chi connectivity index (χ2n) is 5.79. The Morgan fingerprint density at radius 3 is 2.80 bits per heavy atom. The highest BCUT2D eigenvalue weighted by atomic mass is 32.2. The third-order valence-electron chi connectivity index (χ3n) is 3.88. The summed E-state index contributed by atoms with van der Waals surface area (Å²) < 4.78 is 5.44. The molecule has 0 unspecified atom stereocenters. The minimum absolute atomic E-state index is 0.00451. The zero-order valence-corrected chi connectivity index (χ0v) is 15.0. The Balaban J connectivity index is 1.72. The SMILES string of the molecule is COc1ccc(/C(C)=N/NC(=O)C2CC2)cc1CSc1ncccn1. The van der Waals surface area contributed by atoms with Gasteiger partial charge in [0.15, 0.2) is 5.16 Å². The fourth-order valence-corrected chi connectivity index (χ4v) is 3.04. The summed E-state index contributed by atoms with van der Waals surface area (Å²) >= 11 is 1.54. The van der Waals surface area contributed by atoms with Crippen molar-refractivity contribution in [1.82, 2.24) is 15.4 Å². The van der Waals surface area contributed by atoms with Gasteiger partial charge in [-0.2, -0.15) is 5.10 Å². The molecular weight excluding hydrogens is 336 g/mol. The molecule has 1 fully saturated rings. The number of carbonyl (C=O) groups excluding carboxylic acids is 1. The molecular formula is C18H20N4O2S. The van der Waals surface area contributed by atoms with Crippen molar-refractivity contribution in [2.45, 2.75) is 30.7 Å². The Hall–Kier alpha value is -2.41. The number of hydrogen-bond donors (Lipinski definition) is 1. The summed E-state index contributed by atoms with van der Waals surface area (Å²) in [5.74, 6) is 1.64. The third kappa shape index (κ3) is 4.79. The molecule has 3 rings (SSSR count). The fourth-order valence-electron chi connectivity index (χ4n) is 2.26. The van der Waals surface area contributed by atoms with E-state index in [1.807, 2.05) is 25.1 Å². The number of hydrogen-bond acceptors (Lipinski definition) is 6. The molecule has 130 valence electrons. The smallest absolute Gasteiger partial charge is 0.243 e. The number of ether oxygens (including phenoxy) is 1. The first-order chi connectivity index (χ1) is 12.2. The number of benzene rings is 1. The van der Waals surface area contributed by atoms with Crippen LogP contribution in [0.1, 0.15) is 30.9 Å². The normalized spacial score (nSPS) is 14.2. The summed E-state index contributed by atoms with van der Waals surface area (Å²) in [6.45, 7) is 1.88. The Morgan fingerprint density at radius 1 is 1.36 bits per heavy atom. The number of rotatable bonds is 7. The topological polar surface area (TPSA) is 76.5 Å². The largest absolute Gasteiger partial charge is 0.496 e. The zero-order valence-electron chi connectivity index (χ0n) is 14.2. The molecule has 0 atom stereocenters. The lowest BCUT2D eigenvalue weighted by Crippen LogP contribution is -2.20. The van der Waals surface area contributed by atoms with E-state index < -0.39 is 0 Å². The minimum atomic E-state index is 0.00451. The molecule has 1 N–H and O–H groups in total. The Morgan fingerprint density at radius 2 is 2.12 bits per heavy atom. The predicted octanol–water partition coefficient (Wildman–Crippen LogP) is 3.03. The molecule has 0 saturated heterocycles. The molecule has 1 aliphatic carbocycles. The summed E-state index contributed by atoms with van der Waals surface area (Å²) in [4.78, 5) is 20.1. The number of aromatic nitrogens is 2. The van der Waals surface area contributed by atoms with E-state index in [1.165, 1.54) is 0 Å². The van der Waals surface area contributed by atoms with Gasteiger partial charge in [-0.15, -0.1) is 0 Å². The Bertz CT molecular complexity index is 776. The fraction of sp³-hybridized carbons (Fsp3) is 0.333. The summed E-state index contributed by atoms with van der Waals surface area (Å²) in [5.41, 5.74) is 5.38. The van der Waals surface area contributed by atoms with E-state index in [1.54, 1.807) is 37.3 Å². The van der Waals surface area contributed by atoms with Gasteiger partial charge < -0.3 is 4.74 Å². The van der Waals surface area contributed by atoms with E-state index in [0.29, 0.717) is 5.75 Å². The maximum atomic E-state index is 11.7. The predicted molar refractivity (Wildman–Crippen MR) is 97.7 cm³/mol. The van der Waals surface area contributed by atoms with Crippen molar-refractivity contribution in [3.8, 4) is 5.75 Å². The quantitative estimate of drug-likeness (QED) is 0.357. The Labute approximate surface area is 151 Å². The van der Waals surface area contributed by atoms with Gasteiger partial charge in [0.2, 0.25) is 5.91 Å². The van der Waals surface area contributed by atoms with Gasteiger partial charge in [0.25, 0.3) is 0 Å². The Kier molecular flexibility index (Phi) is 5.65. The zero-order chi connectivity index (χ0) is 17.6. The van der Waals surface area contributed by atoms with Gasteiger partial charge in [0, 0.05) is 29.6 Å². The van der Waals surface area contributed by atoms with Gasteiger partial charge in [-0.3, -0.25) is 4.79 Å². The monoisotopic (exact) mass is 356 g/mol. The second kappa shape index (κ2) is 8.11. The molecule has 1 heterocycles. The highest BCUT2D eigenvalue weighted by Crippen LogP contribution is 2.29. The molecule has 6 nitrogen and oxygen atoms in total. The van der Waals surface area contributed by atoms with Crippen LogP contribution in [0.3, 0.4) is 0 Å². The van der Waals surface area contributed by atoms with Crippen LogP contribution in [-0.4, -0.2) is 28.7 Å². The lowest BCUT2D eigenvalue weighted by Gasteiger charge is -2.10. The van der Waals surface area contributed by atoms with Crippen LogP contribution in [0.4, 0.5) is 0 Å². The number of nitrogens with one attached hydrogen (secondary N) is 1. The van der Waals surface area contributed by atoms with E-state index in [-0.39, 0.29) is 11.8 Å². The molecule has 0 bridgehead atoms. The number of thioether (sulfide) groups is 1. The van der Waals surface area contributed by atoms with E-state index in [4.69, 9.17) is 4.74 Å². The van der Waals surface area contributed by atoms with Crippen LogP contribution in [0.25, 0.3) is 0 Å². The molecule has 1 saturated carbocycles. The van der Waals surface area contributed by atoms with E-state index in [9.17, 15) is 4.79 Å². The summed E-state index contributed by atoms with van der Waals surface area (Å²) in [6.07, 6.45) is 5.38. The first kappa shape index (κ1) is 17.4.